The van der Waals surface area contributed by atoms with Gasteiger partial charge in [-0.05, 0) is 45.2 Å². The number of likely N-dealkylation sites (N-methyl/N-ethyl adjacent to an activating group) is 1. The van der Waals surface area contributed by atoms with Crippen LogP contribution in [0.15, 0.2) is 24.3 Å². The minimum atomic E-state index is 0.448. The fourth-order valence-electron chi connectivity index (χ4n) is 2.62. The van der Waals surface area contributed by atoms with Gasteiger partial charge in [-0.15, -0.1) is 0 Å². The minimum absolute atomic E-state index is 0.448. The Balaban J connectivity index is 2.10. The van der Waals surface area contributed by atoms with Gasteiger partial charge in [0.25, 0.3) is 0 Å². The Morgan fingerprint density at radius 1 is 1.41 bits per heavy atom. The third-order valence-corrected chi connectivity index (χ3v) is 4.07. The van der Waals surface area contributed by atoms with Crippen LogP contribution in [0.5, 0.6) is 0 Å². The second-order valence-electron chi connectivity index (χ2n) is 5.40. The van der Waals surface area contributed by atoms with Gasteiger partial charge in [0.2, 0.25) is 0 Å². The van der Waals surface area contributed by atoms with E-state index in [1.54, 1.807) is 0 Å². The van der Waals surface area contributed by atoms with Crippen LogP contribution >= 0.6 is 0 Å². The lowest BCUT2D eigenvalue weighted by atomic mass is 10.0. The average molecular weight is 232 g/mol. The molecule has 0 amide bonds. The molecule has 2 N–H and O–H groups in total. The van der Waals surface area contributed by atoms with Crippen LogP contribution in [0.25, 0.3) is 0 Å². The number of aryl methyl sites for hydroxylation is 1. The molecule has 1 aromatic carbocycles. The summed E-state index contributed by atoms with van der Waals surface area (Å²) in [6, 6.07) is 9.78. The van der Waals surface area contributed by atoms with Gasteiger partial charge in [0, 0.05) is 18.6 Å². The molecule has 94 valence electrons. The normalized spacial score (nSPS) is 19.4. The molecule has 0 radical (unpaired) electrons. The summed E-state index contributed by atoms with van der Waals surface area (Å²) in [5.41, 5.74) is 8.65. The molecule has 0 heterocycles. The maximum atomic E-state index is 5.92. The molecule has 1 aliphatic rings. The molecule has 1 fully saturated rings. The molecule has 2 atom stereocenters. The van der Waals surface area contributed by atoms with Crippen LogP contribution in [-0.4, -0.2) is 24.5 Å². The molecule has 0 spiro atoms. The lowest BCUT2D eigenvalue weighted by Crippen LogP contribution is -2.41. The van der Waals surface area contributed by atoms with Crippen LogP contribution < -0.4 is 5.73 Å². The zero-order valence-electron chi connectivity index (χ0n) is 11.2. The van der Waals surface area contributed by atoms with E-state index in [2.05, 4.69) is 50.1 Å². The van der Waals surface area contributed by atoms with Gasteiger partial charge in [-0.25, -0.2) is 0 Å². The quantitative estimate of drug-likeness (QED) is 0.846. The van der Waals surface area contributed by atoms with Crippen LogP contribution in [0.4, 0.5) is 0 Å². The Morgan fingerprint density at radius 2 is 2.12 bits per heavy atom. The van der Waals surface area contributed by atoms with Gasteiger partial charge in [0.1, 0.15) is 0 Å². The van der Waals surface area contributed by atoms with Crippen LogP contribution in [-0.2, 0) is 0 Å². The second-order valence-corrected chi connectivity index (χ2v) is 5.40. The van der Waals surface area contributed by atoms with Gasteiger partial charge >= 0.3 is 0 Å². The summed E-state index contributed by atoms with van der Waals surface area (Å²) in [5, 5.41) is 0. The highest BCUT2D eigenvalue weighted by Gasteiger charge is 2.34. The van der Waals surface area contributed by atoms with Crippen molar-refractivity contribution in [2.24, 2.45) is 11.7 Å². The van der Waals surface area contributed by atoms with Crippen molar-refractivity contribution in [2.45, 2.75) is 38.8 Å². The molecule has 2 unspecified atom stereocenters. The Morgan fingerprint density at radius 3 is 2.65 bits per heavy atom. The zero-order valence-corrected chi connectivity index (χ0v) is 11.2. The van der Waals surface area contributed by atoms with E-state index in [-0.39, 0.29) is 0 Å². The van der Waals surface area contributed by atoms with Gasteiger partial charge < -0.3 is 5.73 Å². The SMILES string of the molecule is Cc1cccc(C(C)N(C)C(CN)C2CC2)c1. The van der Waals surface area contributed by atoms with Crippen LogP contribution in [0.2, 0.25) is 0 Å². The summed E-state index contributed by atoms with van der Waals surface area (Å²) < 4.78 is 0. The Hall–Kier alpha value is -0.860. The summed E-state index contributed by atoms with van der Waals surface area (Å²) >= 11 is 0. The molecule has 0 bridgehead atoms. The second kappa shape index (κ2) is 5.19. The van der Waals surface area contributed by atoms with E-state index in [1.807, 2.05) is 0 Å². The fourth-order valence-corrected chi connectivity index (χ4v) is 2.62. The predicted molar refractivity (Wildman–Crippen MR) is 72.9 cm³/mol. The first-order valence-electron chi connectivity index (χ1n) is 6.62. The third kappa shape index (κ3) is 2.88. The van der Waals surface area contributed by atoms with E-state index in [0.29, 0.717) is 12.1 Å². The van der Waals surface area contributed by atoms with Crippen LogP contribution in [0.1, 0.15) is 36.9 Å². The van der Waals surface area contributed by atoms with E-state index < -0.39 is 0 Å². The highest BCUT2D eigenvalue weighted by atomic mass is 15.2. The fraction of sp³-hybridized carbons (Fsp3) is 0.600. The molecular weight excluding hydrogens is 208 g/mol. The lowest BCUT2D eigenvalue weighted by Gasteiger charge is -2.33. The van der Waals surface area contributed by atoms with Crippen molar-refractivity contribution < 1.29 is 0 Å². The highest BCUT2D eigenvalue weighted by Crippen LogP contribution is 2.37. The number of benzene rings is 1. The predicted octanol–water partition coefficient (Wildman–Crippen LogP) is 2.73. The maximum absolute atomic E-state index is 5.92. The van der Waals surface area contributed by atoms with Crippen molar-refractivity contribution in [1.82, 2.24) is 4.90 Å². The molecule has 0 aliphatic heterocycles. The van der Waals surface area contributed by atoms with Crippen molar-refractivity contribution in [3.05, 3.63) is 35.4 Å². The van der Waals surface area contributed by atoms with Gasteiger partial charge in [0.05, 0.1) is 0 Å². The molecule has 1 aliphatic carbocycles. The van der Waals surface area contributed by atoms with Crippen molar-refractivity contribution in [1.29, 1.82) is 0 Å². The molecule has 2 nitrogen and oxygen atoms in total. The first kappa shape index (κ1) is 12.6. The summed E-state index contributed by atoms with van der Waals surface area (Å²) in [6.07, 6.45) is 2.71. The minimum Gasteiger partial charge on any atom is -0.329 e. The van der Waals surface area contributed by atoms with E-state index in [1.165, 1.54) is 24.0 Å². The van der Waals surface area contributed by atoms with E-state index in [4.69, 9.17) is 5.73 Å². The summed E-state index contributed by atoms with van der Waals surface area (Å²) in [7, 11) is 2.21. The number of hydrogen-bond acceptors (Lipinski definition) is 2. The van der Waals surface area contributed by atoms with Crippen molar-refractivity contribution in [3.63, 3.8) is 0 Å². The first-order chi connectivity index (χ1) is 8.13. The summed E-state index contributed by atoms with van der Waals surface area (Å²) in [5.74, 6) is 0.831. The first-order valence-corrected chi connectivity index (χ1v) is 6.62. The van der Waals surface area contributed by atoms with Gasteiger partial charge in [-0.3, -0.25) is 4.90 Å². The van der Waals surface area contributed by atoms with Gasteiger partial charge in [-0.1, -0.05) is 29.8 Å². The molecular formula is C15H24N2. The van der Waals surface area contributed by atoms with Crippen molar-refractivity contribution >= 4 is 0 Å². The maximum Gasteiger partial charge on any atom is 0.0320 e. The Bertz CT molecular complexity index is 371. The molecule has 1 aromatic rings. The summed E-state index contributed by atoms with van der Waals surface area (Å²) in [4.78, 5) is 2.45. The monoisotopic (exact) mass is 232 g/mol. The van der Waals surface area contributed by atoms with Crippen LogP contribution in [0, 0.1) is 12.8 Å². The molecule has 0 saturated heterocycles. The van der Waals surface area contributed by atoms with Crippen molar-refractivity contribution in [2.75, 3.05) is 13.6 Å². The van der Waals surface area contributed by atoms with E-state index >= 15 is 0 Å². The van der Waals surface area contributed by atoms with E-state index in [9.17, 15) is 0 Å². The highest BCUT2D eigenvalue weighted by molar-refractivity contribution is 5.24. The van der Waals surface area contributed by atoms with Gasteiger partial charge in [-0.2, -0.15) is 0 Å². The Kier molecular flexibility index (Phi) is 3.85. The number of nitrogens with two attached hydrogens (primary N) is 1. The topological polar surface area (TPSA) is 29.3 Å². The number of nitrogens with zero attached hydrogens (tertiary/aromatic N) is 1. The number of rotatable bonds is 5. The Labute approximate surface area is 105 Å². The van der Waals surface area contributed by atoms with E-state index in [0.717, 1.165) is 12.5 Å². The smallest absolute Gasteiger partial charge is 0.0320 e. The molecule has 17 heavy (non-hydrogen) atoms. The molecule has 1 saturated carbocycles. The molecule has 2 rings (SSSR count). The largest absolute Gasteiger partial charge is 0.329 e. The summed E-state index contributed by atoms with van der Waals surface area (Å²) in [6.45, 7) is 5.20. The zero-order chi connectivity index (χ0) is 12.4. The molecule has 0 aromatic heterocycles. The standard InChI is InChI=1S/C15H24N2/c1-11-5-4-6-14(9-11)12(2)17(3)15(10-16)13-7-8-13/h4-6,9,12-13,15H,7-8,10,16H2,1-3H3. The lowest BCUT2D eigenvalue weighted by molar-refractivity contribution is 0.170. The van der Waals surface area contributed by atoms with Gasteiger partial charge in [0.15, 0.2) is 0 Å². The average Bonchev–Trinajstić information content (AvgIpc) is 3.13. The van der Waals surface area contributed by atoms with Crippen LogP contribution in [0.3, 0.4) is 0 Å². The molecule has 2 heteroatoms. The number of hydrogen-bond donors (Lipinski definition) is 1. The third-order valence-electron chi connectivity index (χ3n) is 4.07. The van der Waals surface area contributed by atoms with Crippen molar-refractivity contribution in [3.8, 4) is 0 Å².